The molecule has 0 rings (SSSR count). The highest BCUT2D eigenvalue weighted by atomic mass is 16.5. The molecule has 0 radical (unpaired) electrons. The Morgan fingerprint density at radius 3 is 1.17 bits per heavy atom. The minimum absolute atomic E-state index is 0.00497. The number of hydrogen-bond acceptors (Lipinski definition) is 5. The third-order valence-electron chi connectivity index (χ3n) is 13.4. The largest absolute Gasteiger partial charge is 0.466 e. The van der Waals surface area contributed by atoms with Gasteiger partial charge in [0.2, 0.25) is 5.91 Å². The van der Waals surface area contributed by atoms with Crippen molar-refractivity contribution >= 4 is 11.9 Å². The zero-order valence-corrected chi connectivity index (χ0v) is 44.2. The number of nitrogens with one attached hydrogen (secondary N) is 1. The molecule has 2 unspecified atom stereocenters. The van der Waals surface area contributed by atoms with E-state index in [0.29, 0.717) is 19.4 Å². The maximum atomic E-state index is 12.4. The number of aliphatic hydroxyl groups excluding tert-OH is 2. The number of carbonyl (C=O) groups excluding carboxylic acids is 2. The van der Waals surface area contributed by atoms with Crippen molar-refractivity contribution in [2.75, 3.05) is 13.2 Å². The summed E-state index contributed by atoms with van der Waals surface area (Å²) in [6, 6.07) is -0.626. The van der Waals surface area contributed by atoms with Crippen LogP contribution in [-0.2, 0) is 14.3 Å². The first kappa shape index (κ1) is 64.1. The van der Waals surface area contributed by atoms with Crippen molar-refractivity contribution in [1.29, 1.82) is 0 Å². The van der Waals surface area contributed by atoms with Gasteiger partial charge in [0.05, 0.1) is 25.4 Å². The number of amides is 1. The predicted octanol–water partition coefficient (Wildman–Crippen LogP) is 18.0. The van der Waals surface area contributed by atoms with Gasteiger partial charge in [-0.15, -0.1) is 0 Å². The molecule has 0 heterocycles. The van der Waals surface area contributed by atoms with Crippen LogP contribution in [-0.4, -0.2) is 47.4 Å². The summed E-state index contributed by atoms with van der Waals surface area (Å²) in [5.41, 5.74) is 0. The van der Waals surface area contributed by atoms with Crippen molar-refractivity contribution < 1.29 is 24.5 Å². The number of aliphatic hydroxyl groups is 2. The van der Waals surface area contributed by atoms with E-state index in [1.807, 2.05) is 6.08 Å². The summed E-state index contributed by atoms with van der Waals surface area (Å²) in [6.45, 7) is 4.86. The number of rotatable bonds is 54. The molecule has 0 aromatic heterocycles. The Bertz CT molecular complexity index is 1070. The molecule has 0 bridgehead atoms. The standard InChI is InChI=1S/C60H113NO5/c1-3-5-7-9-11-13-14-15-16-17-25-28-31-34-38-42-46-50-54-60(65)66-55-51-47-43-39-35-32-29-26-23-21-19-18-20-22-24-27-30-33-37-41-45-49-53-59(64)61-57(56-62)58(63)52-48-44-40-36-12-10-8-6-4-2/h13-14,16-17,48,52,57-58,62-63H,3-12,15,18-47,49-51,53-56H2,1-2H3,(H,61,64)/b14-13-,17-16-,52-48+. The van der Waals surface area contributed by atoms with Crippen molar-refractivity contribution in [2.45, 2.75) is 321 Å². The molecule has 0 aromatic rings. The van der Waals surface area contributed by atoms with E-state index >= 15 is 0 Å². The van der Waals surface area contributed by atoms with Gasteiger partial charge < -0.3 is 20.3 Å². The Labute approximate surface area is 411 Å². The van der Waals surface area contributed by atoms with E-state index in [-0.39, 0.29) is 18.5 Å². The second kappa shape index (κ2) is 55.7. The highest BCUT2D eigenvalue weighted by molar-refractivity contribution is 5.76. The molecule has 0 aliphatic rings. The van der Waals surface area contributed by atoms with E-state index in [2.05, 4.69) is 43.5 Å². The maximum absolute atomic E-state index is 12.4. The lowest BCUT2D eigenvalue weighted by Crippen LogP contribution is -2.45. The van der Waals surface area contributed by atoms with Crippen LogP contribution >= 0.6 is 0 Å². The molecule has 3 N–H and O–H groups in total. The topological polar surface area (TPSA) is 95.9 Å². The summed E-state index contributed by atoms with van der Waals surface area (Å²) >= 11 is 0. The van der Waals surface area contributed by atoms with Crippen molar-refractivity contribution in [2.24, 2.45) is 0 Å². The summed E-state index contributed by atoms with van der Waals surface area (Å²) in [4.78, 5) is 24.5. The molecule has 1 amide bonds. The first-order valence-corrected chi connectivity index (χ1v) is 29.3. The Morgan fingerprint density at radius 1 is 0.424 bits per heavy atom. The molecule has 6 heteroatoms. The fourth-order valence-corrected chi connectivity index (χ4v) is 8.90. The predicted molar refractivity (Wildman–Crippen MR) is 287 cm³/mol. The molecule has 0 saturated heterocycles. The number of carbonyl (C=O) groups is 2. The van der Waals surface area contributed by atoms with Crippen LogP contribution in [0.15, 0.2) is 36.5 Å². The number of allylic oxidation sites excluding steroid dienone is 5. The average molecular weight is 929 g/mol. The van der Waals surface area contributed by atoms with Crippen molar-refractivity contribution in [3.05, 3.63) is 36.5 Å². The van der Waals surface area contributed by atoms with Crippen LogP contribution < -0.4 is 5.32 Å². The van der Waals surface area contributed by atoms with E-state index in [9.17, 15) is 19.8 Å². The van der Waals surface area contributed by atoms with E-state index < -0.39 is 12.1 Å². The van der Waals surface area contributed by atoms with Crippen molar-refractivity contribution in [3.63, 3.8) is 0 Å². The third-order valence-corrected chi connectivity index (χ3v) is 13.4. The monoisotopic (exact) mass is 928 g/mol. The molecule has 0 saturated carbocycles. The molecule has 0 fully saturated rings. The van der Waals surface area contributed by atoms with E-state index in [1.54, 1.807) is 6.08 Å². The van der Waals surface area contributed by atoms with E-state index in [4.69, 9.17) is 4.74 Å². The van der Waals surface area contributed by atoms with Gasteiger partial charge in [-0.05, 0) is 64.2 Å². The second-order valence-corrected chi connectivity index (χ2v) is 20.0. The van der Waals surface area contributed by atoms with Gasteiger partial charge in [-0.25, -0.2) is 0 Å². The highest BCUT2D eigenvalue weighted by Crippen LogP contribution is 2.17. The lowest BCUT2D eigenvalue weighted by Gasteiger charge is -2.20. The van der Waals surface area contributed by atoms with Crippen molar-refractivity contribution in [1.82, 2.24) is 5.32 Å². The fourth-order valence-electron chi connectivity index (χ4n) is 8.90. The number of unbranched alkanes of at least 4 members (excludes halogenated alkanes) is 39. The quantitative estimate of drug-likeness (QED) is 0.0321. The molecule has 0 spiro atoms. The molecule has 6 nitrogen and oxygen atoms in total. The molecule has 0 aromatic carbocycles. The second-order valence-electron chi connectivity index (χ2n) is 20.0. The van der Waals surface area contributed by atoms with Crippen LogP contribution in [0, 0.1) is 0 Å². The zero-order chi connectivity index (χ0) is 47.9. The van der Waals surface area contributed by atoms with Gasteiger partial charge in [0.15, 0.2) is 0 Å². The summed E-state index contributed by atoms with van der Waals surface area (Å²) < 4.78 is 5.49. The lowest BCUT2D eigenvalue weighted by atomic mass is 10.0. The normalized spacial score (nSPS) is 12.8. The average Bonchev–Trinajstić information content (AvgIpc) is 3.32. The van der Waals surface area contributed by atoms with Gasteiger partial charge in [0.1, 0.15) is 0 Å². The van der Waals surface area contributed by atoms with Crippen LogP contribution in [0.3, 0.4) is 0 Å². The molecular formula is C60H113NO5. The number of esters is 1. The summed E-state index contributed by atoms with van der Waals surface area (Å²) in [5.74, 6) is -0.0659. The molecule has 388 valence electrons. The first-order chi connectivity index (χ1) is 32.5. The third kappa shape index (κ3) is 51.5. The fraction of sp³-hybridized carbons (Fsp3) is 0.867. The van der Waals surface area contributed by atoms with Crippen LogP contribution in [0.1, 0.15) is 309 Å². The molecule has 2 atom stereocenters. The van der Waals surface area contributed by atoms with Crippen LogP contribution in [0.5, 0.6) is 0 Å². The highest BCUT2D eigenvalue weighted by Gasteiger charge is 2.18. The van der Waals surface area contributed by atoms with Gasteiger partial charge in [0, 0.05) is 12.8 Å². The molecule has 0 aliphatic carbocycles. The van der Waals surface area contributed by atoms with Crippen LogP contribution in [0.25, 0.3) is 0 Å². The zero-order valence-electron chi connectivity index (χ0n) is 44.2. The Hall–Kier alpha value is -1.92. The van der Waals surface area contributed by atoms with Gasteiger partial charge in [-0.2, -0.15) is 0 Å². The van der Waals surface area contributed by atoms with Gasteiger partial charge in [0.25, 0.3) is 0 Å². The Kier molecular flexibility index (Phi) is 54.1. The Morgan fingerprint density at radius 2 is 0.758 bits per heavy atom. The number of ether oxygens (including phenoxy) is 1. The van der Waals surface area contributed by atoms with E-state index in [0.717, 1.165) is 51.4 Å². The van der Waals surface area contributed by atoms with Gasteiger partial charge in [-0.1, -0.05) is 269 Å². The number of hydrogen-bond donors (Lipinski definition) is 3. The summed E-state index contributed by atoms with van der Waals surface area (Å²) in [6.07, 6.45) is 69.0. The SMILES string of the molecule is CCCCCC/C=C\C/C=C\CCCCCCCCCC(=O)OCCCCCCCCCCCCCCCCCCCCCCCCC(=O)NC(CO)C(O)/C=C/CCCCCCCCC. The minimum atomic E-state index is -0.842. The first-order valence-electron chi connectivity index (χ1n) is 29.3. The van der Waals surface area contributed by atoms with Crippen molar-refractivity contribution in [3.8, 4) is 0 Å². The Balaban J connectivity index is 3.36. The molecule has 66 heavy (non-hydrogen) atoms. The van der Waals surface area contributed by atoms with Crippen LogP contribution in [0.2, 0.25) is 0 Å². The maximum Gasteiger partial charge on any atom is 0.305 e. The van der Waals surface area contributed by atoms with Gasteiger partial charge in [-0.3, -0.25) is 9.59 Å². The minimum Gasteiger partial charge on any atom is -0.466 e. The van der Waals surface area contributed by atoms with Crippen LogP contribution in [0.4, 0.5) is 0 Å². The summed E-state index contributed by atoms with van der Waals surface area (Å²) in [5, 5.41) is 22.9. The lowest BCUT2D eigenvalue weighted by molar-refractivity contribution is -0.143. The summed E-state index contributed by atoms with van der Waals surface area (Å²) in [7, 11) is 0. The smallest absolute Gasteiger partial charge is 0.305 e. The van der Waals surface area contributed by atoms with E-state index in [1.165, 1.54) is 231 Å². The molecular weight excluding hydrogens is 815 g/mol. The van der Waals surface area contributed by atoms with Gasteiger partial charge >= 0.3 is 5.97 Å². The molecule has 0 aliphatic heterocycles.